The van der Waals surface area contributed by atoms with Crippen LogP contribution in [0.5, 0.6) is 0 Å². The van der Waals surface area contributed by atoms with Crippen LogP contribution in [0.1, 0.15) is 0 Å². The van der Waals surface area contributed by atoms with Gasteiger partial charge in [-0.2, -0.15) is 0 Å². The maximum atomic E-state index is 12.0. The summed E-state index contributed by atoms with van der Waals surface area (Å²) in [6.45, 7) is 0. The molecule has 0 aliphatic carbocycles. The molecule has 2 amide bonds. The molecule has 0 spiro atoms. The van der Waals surface area contributed by atoms with Gasteiger partial charge in [-0.1, -0.05) is 41.9 Å². The predicted octanol–water partition coefficient (Wildman–Crippen LogP) is 3.47. The molecular formula is C17H12ClN3O2. The number of hydrogen-bond donors (Lipinski definition) is 2. The molecule has 0 atom stereocenters. The van der Waals surface area contributed by atoms with E-state index in [1.54, 1.807) is 24.3 Å². The Balaban J connectivity index is 1.72. The number of carbonyl (C=O) groups is 2. The van der Waals surface area contributed by atoms with Crippen molar-refractivity contribution in [3.8, 4) is 0 Å². The molecule has 0 radical (unpaired) electrons. The van der Waals surface area contributed by atoms with Crippen molar-refractivity contribution in [1.82, 2.24) is 4.98 Å². The van der Waals surface area contributed by atoms with Crippen molar-refractivity contribution in [2.45, 2.75) is 0 Å². The number of pyridine rings is 1. The van der Waals surface area contributed by atoms with Crippen molar-refractivity contribution < 1.29 is 9.59 Å². The van der Waals surface area contributed by atoms with Crippen LogP contribution >= 0.6 is 11.6 Å². The molecule has 3 aromatic rings. The Morgan fingerprint density at radius 3 is 2.39 bits per heavy atom. The lowest BCUT2D eigenvalue weighted by Crippen LogP contribution is -2.29. The first kappa shape index (κ1) is 15.0. The Hall–Kier alpha value is -2.92. The van der Waals surface area contributed by atoms with Crippen LogP contribution in [0.15, 0.2) is 60.8 Å². The Morgan fingerprint density at radius 2 is 1.61 bits per heavy atom. The lowest BCUT2D eigenvalue weighted by molar-refractivity contribution is -0.132. The maximum absolute atomic E-state index is 12.0. The Bertz CT molecular complexity index is 896. The van der Waals surface area contributed by atoms with Crippen LogP contribution < -0.4 is 10.6 Å². The van der Waals surface area contributed by atoms with Crippen molar-refractivity contribution in [2.75, 3.05) is 10.6 Å². The summed E-state index contributed by atoms with van der Waals surface area (Å²) in [5, 5.41) is 7.13. The number of nitrogens with one attached hydrogen (secondary N) is 2. The van der Waals surface area contributed by atoms with Crippen LogP contribution in [0.2, 0.25) is 5.15 Å². The highest BCUT2D eigenvalue weighted by atomic mass is 35.5. The molecule has 1 aromatic heterocycles. The van der Waals surface area contributed by atoms with E-state index in [0.29, 0.717) is 5.69 Å². The van der Waals surface area contributed by atoms with Gasteiger partial charge in [0.1, 0.15) is 0 Å². The number of carbonyl (C=O) groups excluding carboxylic acids is 2. The van der Waals surface area contributed by atoms with Gasteiger partial charge < -0.3 is 10.6 Å². The topological polar surface area (TPSA) is 71.1 Å². The summed E-state index contributed by atoms with van der Waals surface area (Å²) in [6.07, 6.45) is 1.49. The van der Waals surface area contributed by atoms with Crippen LogP contribution in [0, 0.1) is 0 Å². The number of fused-ring (bicyclic) bond motifs is 1. The highest BCUT2D eigenvalue weighted by Gasteiger charge is 2.15. The van der Waals surface area contributed by atoms with Gasteiger partial charge in [0.25, 0.3) is 0 Å². The van der Waals surface area contributed by atoms with Crippen LogP contribution in [-0.4, -0.2) is 16.8 Å². The van der Waals surface area contributed by atoms with Gasteiger partial charge in [0.15, 0.2) is 5.15 Å². The van der Waals surface area contributed by atoms with Gasteiger partial charge in [-0.25, -0.2) is 4.98 Å². The molecule has 5 nitrogen and oxygen atoms in total. The minimum atomic E-state index is -0.812. The molecule has 114 valence electrons. The normalized spacial score (nSPS) is 10.3. The van der Waals surface area contributed by atoms with Gasteiger partial charge in [-0.15, -0.1) is 0 Å². The van der Waals surface area contributed by atoms with Crippen molar-refractivity contribution in [3.05, 3.63) is 65.9 Å². The average Bonchev–Trinajstić information content (AvgIpc) is 2.56. The molecule has 2 N–H and O–H groups in total. The summed E-state index contributed by atoms with van der Waals surface area (Å²) in [4.78, 5) is 27.7. The number of rotatable bonds is 2. The van der Waals surface area contributed by atoms with E-state index in [9.17, 15) is 9.59 Å². The maximum Gasteiger partial charge on any atom is 0.314 e. The minimum absolute atomic E-state index is 0.124. The number of benzene rings is 2. The van der Waals surface area contributed by atoms with Crippen molar-refractivity contribution in [3.63, 3.8) is 0 Å². The third kappa shape index (κ3) is 3.46. The molecule has 1 heterocycles. The fourth-order valence-corrected chi connectivity index (χ4v) is 2.28. The van der Waals surface area contributed by atoms with Crippen LogP contribution in [0.4, 0.5) is 11.4 Å². The lowest BCUT2D eigenvalue weighted by atomic mass is 10.1. The second-order valence-corrected chi connectivity index (χ2v) is 5.17. The largest absolute Gasteiger partial charge is 0.318 e. The second kappa shape index (κ2) is 6.46. The first-order valence-corrected chi connectivity index (χ1v) is 7.23. The molecule has 0 aliphatic heterocycles. The van der Waals surface area contributed by atoms with E-state index in [1.165, 1.54) is 6.20 Å². The summed E-state index contributed by atoms with van der Waals surface area (Å²) < 4.78 is 0. The quantitative estimate of drug-likeness (QED) is 0.560. The molecule has 0 bridgehead atoms. The number of aromatic nitrogens is 1. The minimum Gasteiger partial charge on any atom is -0.318 e. The van der Waals surface area contributed by atoms with E-state index in [2.05, 4.69) is 15.6 Å². The summed E-state index contributed by atoms with van der Waals surface area (Å²) in [6, 6.07) is 16.3. The van der Waals surface area contributed by atoms with E-state index in [-0.39, 0.29) is 10.8 Å². The van der Waals surface area contributed by atoms with E-state index >= 15 is 0 Å². The molecule has 0 saturated heterocycles. The SMILES string of the molecule is O=C(Nc1ccc2ccccc2c1)C(=O)Nc1cccnc1Cl. The van der Waals surface area contributed by atoms with Gasteiger partial charge in [0.2, 0.25) is 0 Å². The van der Waals surface area contributed by atoms with E-state index in [1.807, 2.05) is 30.3 Å². The van der Waals surface area contributed by atoms with Crippen LogP contribution in [0.3, 0.4) is 0 Å². The van der Waals surface area contributed by atoms with Crippen molar-refractivity contribution >= 4 is 45.6 Å². The Morgan fingerprint density at radius 1 is 0.870 bits per heavy atom. The summed E-state index contributed by atoms with van der Waals surface area (Å²) in [5.41, 5.74) is 0.828. The first-order chi connectivity index (χ1) is 11.1. The zero-order chi connectivity index (χ0) is 16.2. The van der Waals surface area contributed by atoms with Gasteiger partial charge in [-0.3, -0.25) is 9.59 Å². The van der Waals surface area contributed by atoms with Crippen molar-refractivity contribution in [1.29, 1.82) is 0 Å². The fourth-order valence-electron chi connectivity index (χ4n) is 2.11. The standard InChI is InChI=1S/C17H12ClN3O2/c18-15-14(6-3-9-19-15)21-17(23)16(22)20-13-8-7-11-4-1-2-5-12(11)10-13/h1-10H,(H,20,22)(H,21,23). The van der Waals surface area contributed by atoms with Crippen LogP contribution in [0.25, 0.3) is 10.8 Å². The van der Waals surface area contributed by atoms with E-state index in [0.717, 1.165) is 10.8 Å². The number of halogens is 1. The zero-order valence-electron chi connectivity index (χ0n) is 11.9. The molecule has 3 rings (SSSR count). The molecule has 6 heteroatoms. The smallest absolute Gasteiger partial charge is 0.314 e. The molecular weight excluding hydrogens is 314 g/mol. The average molecular weight is 326 g/mol. The lowest BCUT2D eigenvalue weighted by Gasteiger charge is -2.08. The van der Waals surface area contributed by atoms with Gasteiger partial charge >= 0.3 is 11.8 Å². The highest BCUT2D eigenvalue weighted by Crippen LogP contribution is 2.19. The third-order valence-corrected chi connectivity index (χ3v) is 3.52. The predicted molar refractivity (Wildman–Crippen MR) is 90.5 cm³/mol. The number of nitrogens with zero attached hydrogens (tertiary/aromatic N) is 1. The monoisotopic (exact) mass is 325 g/mol. The Kier molecular flexibility index (Phi) is 4.21. The van der Waals surface area contributed by atoms with Gasteiger partial charge in [0.05, 0.1) is 5.69 Å². The molecule has 0 fully saturated rings. The highest BCUT2D eigenvalue weighted by molar-refractivity contribution is 6.44. The molecule has 0 aliphatic rings. The summed E-state index contributed by atoms with van der Waals surface area (Å²) >= 11 is 5.84. The van der Waals surface area contributed by atoms with Crippen LogP contribution in [-0.2, 0) is 9.59 Å². The molecule has 0 saturated carbocycles. The first-order valence-electron chi connectivity index (χ1n) is 6.85. The van der Waals surface area contributed by atoms with Crippen molar-refractivity contribution in [2.24, 2.45) is 0 Å². The van der Waals surface area contributed by atoms with E-state index < -0.39 is 11.8 Å². The molecule has 2 aromatic carbocycles. The second-order valence-electron chi connectivity index (χ2n) is 4.81. The van der Waals surface area contributed by atoms with E-state index in [4.69, 9.17) is 11.6 Å². The summed E-state index contributed by atoms with van der Waals surface area (Å²) in [7, 11) is 0. The Labute approximate surface area is 137 Å². The molecule has 0 unspecified atom stereocenters. The number of hydrogen-bond acceptors (Lipinski definition) is 3. The fraction of sp³-hybridized carbons (Fsp3) is 0. The number of anilines is 2. The van der Waals surface area contributed by atoms with Gasteiger partial charge in [-0.05, 0) is 35.0 Å². The molecule has 23 heavy (non-hydrogen) atoms. The van der Waals surface area contributed by atoms with Gasteiger partial charge in [0, 0.05) is 11.9 Å². The summed E-state index contributed by atoms with van der Waals surface area (Å²) in [5.74, 6) is -1.59. The zero-order valence-corrected chi connectivity index (χ0v) is 12.7. The third-order valence-electron chi connectivity index (χ3n) is 3.22. The number of amides is 2.